The molecule has 0 aromatic rings. The third-order valence-corrected chi connectivity index (χ3v) is 3.44. The molecule has 0 amide bonds. The zero-order valence-electron chi connectivity index (χ0n) is 9.49. The third-order valence-electron chi connectivity index (χ3n) is 3.44. The van der Waals surface area contributed by atoms with Crippen molar-refractivity contribution in [1.29, 1.82) is 0 Å². The van der Waals surface area contributed by atoms with Crippen molar-refractivity contribution in [1.82, 2.24) is 0 Å². The second-order valence-electron chi connectivity index (χ2n) is 5.16. The van der Waals surface area contributed by atoms with Gasteiger partial charge in [-0.3, -0.25) is 4.79 Å². The summed E-state index contributed by atoms with van der Waals surface area (Å²) in [6.45, 7) is 14.4. The highest BCUT2D eigenvalue weighted by Crippen LogP contribution is 2.44. The minimum Gasteiger partial charge on any atom is -0.299 e. The van der Waals surface area contributed by atoms with Crippen molar-refractivity contribution < 1.29 is 4.79 Å². The number of hydrogen-bond donors (Lipinski definition) is 0. The van der Waals surface area contributed by atoms with Gasteiger partial charge in [-0.2, -0.15) is 0 Å². The maximum absolute atomic E-state index is 11.6. The average molecular weight is 170 g/mol. The lowest BCUT2D eigenvalue weighted by Crippen LogP contribution is -2.43. The van der Waals surface area contributed by atoms with Crippen LogP contribution in [0.25, 0.3) is 0 Å². The van der Waals surface area contributed by atoms with Crippen LogP contribution in [-0.4, -0.2) is 5.78 Å². The van der Waals surface area contributed by atoms with E-state index in [0.717, 1.165) is 0 Å². The molecular weight excluding hydrogens is 148 g/mol. The molecule has 0 aromatic carbocycles. The molecule has 0 fully saturated rings. The Bertz CT molecular complexity index is 174. The number of carbonyl (C=O) groups is 1. The molecule has 0 rings (SSSR count). The number of Topliss-reactive ketones (excluding diaryl/α,β-unsaturated/α-hetero) is 1. The van der Waals surface area contributed by atoms with E-state index in [0.29, 0.717) is 11.7 Å². The molecule has 72 valence electrons. The number of hydrogen-bond acceptors (Lipinski definition) is 1. The van der Waals surface area contributed by atoms with Gasteiger partial charge >= 0.3 is 0 Å². The zero-order chi connectivity index (χ0) is 10.2. The van der Waals surface area contributed by atoms with Crippen LogP contribution in [0.2, 0.25) is 0 Å². The summed E-state index contributed by atoms with van der Waals surface area (Å²) in [7, 11) is 0. The van der Waals surface area contributed by atoms with Crippen LogP contribution in [0.5, 0.6) is 0 Å². The van der Waals surface area contributed by atoms with Gasteiger partial charge in [0.15, 0.2) is 0 Å². The van der Waals surface area contributed by atoms with E-state index >= 15 is 0 Å². The van der Waals surface area contributed by atoms with Crippen LogP contribution >= 0.6 is 0 Å². The summed E-state index contributed by atoms with van der Waals surface area (Å²) in [6, 6.07) is 0. The molecule has 0 N–H and O–H groups in total. The summed E-state index contributed by atoms with van der Waals surface area (Å²) in [4.78, 5) is 11.6. The molecule has 0 aromatic heterocycles. The highest BCUT2D eigenvalue weighted by molar-refractivity contribution is 5.83. The first-order valence-electron chi connectivity index (χ1n) is 4.65. The van der Waals surface area contributed by atoms with Crippen LogP contribution in [-0.2, 0) is 4.79 Å². The molecule has 0 saturated heterocycles. The smallest absolute Gasteiger partial charge is 0.136 e. The van der Waals surface area contributed by atoms with E-state index in [9.17, 15) is 4.79 Å². The molecule has 0 bridgehead atoms. The van der Waals surface area contributed by atoms with Crippen molar-refractivity contribution in [3.8, 4) is 0 Å². The molecule has 0 aliphatic rings. The van der Waals surface area contributed by atoms with Gasteiger partial charge in [0, 0.05) is 5.41 Å². The maximum atomic E-state index is 11.6. The minimum atomic E-state index is -0.201. The first-order valence-corrected chi connectivity index (χ1v) is 4.65. The summed E-state index contributed by atoms with van der Waals surface area (Å²) in [5.41, 5.74) is -0.153. The van der Waals surface area contributed by atoms with Crippen molar-refractivity contribution in [3.63, 3.8) is 0 Å². The Kier molecular flexibility index (Phi) is 3.11. The van der Waals surface area contributed by atoms with Crippen LogP contribution in [0.4, 0.5) is 0 Å². The van der Waals surface area contributed by atoms with E-state index in [4.69, 9.17) is 0 Å². The summed E-state index contributed by atoms with van der Waals surface area (Å²) < 4.78 is 0. The second-order valence-corrected chi connectivity index (χ2v) is 5.16. The summed E-state index contributed by atoms with van der Waals surface area (Å²) in [5.74, 6) is 0.694. The van der Waals surface area contributed by atoms with Gasteiger partial charge in [0.2, 0.25) is 0 Å². The molecule has 1 atom stereocenters. The van der Waals surface area contributed by atoms with Gasteiger partial charge in [-0.15, -0.1) is 0 Å². The number of ketones is 1. The van der Waals surface area contributed by atoms with Crippen LogP contribution in [0, 0.1) is 16.7 Å². The Morgan fingerprint density at radius 3 is 1.42 bits per heavy atom. The Labute approximate surface area is 76.6 Å². The van der Waals surface area contributed by atoms with Crippen LogP contribution in [0.15, 0.2) is 0 Å². The van der Waals surface area contributed by atoms with Crippen molar-refractivity contribution in [2.45, 2.75) is 48.5 Å². The SMILES string of the molecule is CC(=O)C(C)(C(C)C)C(C)(C)C. The Morgan fingerprint density at radius 1 is 1.08 bits per heavy atom. The van der Waals surface area contributed by atoms with Crippen molar-refractivity contribution in [2.24, 2.45) is 16.7 Å². The Morgan fingerprint density at radius 2 is 1.42 bits per heavy atom. The van der Waals surface area contributed by atoms with Crippen LogP contribution in [0.3, 0.4) is 0 Å². The molecule has 1 unspecified atom stereocenters. The lowest BCUT2D eigenvalue weighted by atomic mass is 9.60. The first-order chi connectivity index (χ1) is 5.14. The molecule has 0 aliphatic carbocycles. The number of carbonyl (C=O) groups excluding carboxylic acids is 1. The fourth-order valence-corrected chi connectivity index (χ4v) is 1.80. The summed E-state index contributed by atoms with van der Waals surface area (Å²) in [5, 5.41) is 0. The van der Waals surface area contributed by atoms with E-state index in [1.807, 2.05) is 0 Å². The van der Waals surface area contributed by atoms with Crippen molar-refractivity contribution >= 4 is 5.78 Å². The molecular formula is C11H22O. The number of rotatable bonds is 2. The van der Waals surface area contributed by atoms with Gasteiger partial charge in [0.25, 0.3) is 0 Å². The molecule has 0 saturated carbocycles. The zero-order valence-corrected chi connectivity index (χ0v) is 9.49. The third kappa shape index (κ3) is 1.70. The highest BCUT2D eigenvalue weighted by Gasteiger charge is 2.43. The van der Waals surface area contributed by atoms with Gasteiger partial charge in [0.05, 0.1) is 0 Å². The van der Waals surface area contributed by atoms with Gasteiger partial charge in [0.1, 0.15) is 5.78 Å². The monoisotopic (exact) mass is 170 g/mol. The molecule has 0 aliphatic heterocycles. The van der Waals surface area contributed by atoms with Crippen LogP contribution < -0.4 is 0 Å². The second kappa shape index (κ2) is 3.20. The van der Waals surface area contributed by atoms with Crippen molar-refractivity contribution in [2.75, 3.05) is 0 Å². The fraction of sp³-hybridized carbons (Fsp3) is 0.909. The Balaban J connectivity index is 5.02. The topological polar surface area (TPSA) is 17.1 Å². The summed E-state index contributed by atoms with van der Waals surface area (Å²) >= 11 is 0. The maximum Gasteiger partial charge on any atom is 0.136 e. The molecule has 0 spiro atoms. The predicted octanol–water partition coefficient (Wildman–Crippen LogP) is 3.28. The minimum absolute atomic E-state index is 0.0486. The highest BCUT2D eigenvalue weighted by atomic mass is 16.1. The molecule has 0 heterocycles. The fourth-order valence-electron chi connectivity index (χ4n) is 1.80. The van der Waals surface area contributed by atoms with E-state index in [1.165, 1.54) is 0 Å². The first kappa shape index (κ1) is 11.7. The van der Waals surface area contributed by atoms with E-state index < -0.39 is 0 Å². The standard InChI is InChI=1S/C11H22O/c1-8(2)11(7,9(3)12)10(4,5)6/h8H,1-7H3. The molecule has 0 radical (unpaired) electrons. The van der Waals surface area contributed by atoms with Gasteiger partial charge < -0.3 is 0 Å². The van der Waals surface area contributed by atoms with Crippen LogP contribution in [0.1, 0.15) is 48.5 Å². The van der Waals surface area contributed by atoms with Gasteiger partial charge in [-0.1, -0.05) is 41.5 Å². The summed E-state index contributed by atoms with van der Waals surface area (Å²) in [6.07, 6.45) is 0. The molecule has 12 heavy (non-hydrogen) atoms. The van der Waals surface area contributed by atoms with Gasteiger partial charge in [-0.25, -0.2) is 0 Å². The lowest BCUT2D eigenvalue weighted by Gasteiger charge is -2.43. The van der Waals surface area contributed by atoms with Gasteiger partial charge in [-0.05, 0) is 18.3 Å². The lowest BCUT2D eigenvalue weighted by molar-refractivity contribution is -0.135. The van der Waals surface area contributed by atoms with E-state index in [-0.39, 0.29) is 10.8 Å². The largest absolute Gasteiger partial charge is 0.299 e. The van der Waals surface area contributed by atoms with Crippen molar-refractivity contribution in [3.05, 3.63) is 0 Å². The average Bonchev–Trinajstić information content (AvgIpc) is 1.82. The predicted molar refractivity (Wildman–Crippen MR) is 53.1 cm³/mol. The molecule has 1 heteroatoms. The van der Waals surface area contributed by atoms with E-state index in [1.54, 1.807) is 6.92 Å². The quantitative estimate of drug-likeness (QED) is 0.621. The normalized spacial score (nSPS) is 17.7. The Hall–Kier alpha value is -0.330. The molecule has 1 nitrogen and oxygen atoms in total. The van der Waals surface area contributed by atoms with E-state index in [2.05, 4.69) is 41.5 Å².